The van der Waals surface area contributed by atoms with Gasteiger partial charge in [-0.3, -0.25) is 19.2 Å². The van der Waals surface area contributed by atoms with Crippen molar-refractivity contribution in [3.8, 4) is 0 Å². The van der Waals surface area contributed by atoms with E-state index in [1.54, 1.807) is 58.9 Å². The molecule has 234 valence electrons. The summed E-state index contributed by atoms with van der Waals surface area (Å²) in [4.78, 5) is 62.3. The van der Waals surface area contributed by atoms with Crippen LogP contribution in [0.2, 0.25) is 0 Å². The summed E-state index contributed by atoms with van der Waals surface area (Å²) in [6.07, 6.45) is 1.04. The number of nitrogens with one attached hydrogen (secondary N) is 3. The van der Waals surface area contributed by atoms with Gasteiger partial charge in [-0.2, -0.15) is 0 Å². The van der Waals surface area contributed by atoms with E-state index in [9.17, 15) is 24.0 Å². The first-order chi connectivity index (χ1) is 20.2. The van der Waals surface area contributed by atoms with E-state index in [0.717, 1.165) is 11.1 Å². The SMILES string of the molecule is CC(N)C(=O)CC(C)C(=O)NC(Cc1ccccc1)C(=O)CCc1ccc(C(=O)NCCCNC(=O)OC(C)(C)C)cc1. The second-order valence-corrected chi connectivity index (χ2v) is 11.8. The fourth-order valence-electron chi connectivity index (χ4n) is 4.15. The maximum Gasteiger partial charge on any atom is 0.407 e. The van der Waals surface area contributed by atoms with Gasteiger partial charge < -0.3 is 26.4 Å². The number of ether oxygens (including phenoxy) is 1. The highest BCUT2D eigenvalue weighted by Crippen LogP contribution is 2.13. The molecule has 3 atom stereocenters. The molecular weight excluding hydrogens is 548 g/mol. The van der Waals surface area contributed by atoms with Gasteiger partial charge in [0, 0.05) is 37.4 Å². The van der Waals surface area contributed by atoms with Gasteiger partial charge in [-0.1, -0.05) is 49.4 Å². The molecule has 0 bridgehead atoms. The molecule has 0 saturated carbocycles. The summed E-state index contributed by atoms with van der Waals surface area (Å²) in [5.41, 5.74) is 7.35. The molecule has 3 unspecified atom stereocenters. The number of nitrogens with two attached hydrogens (primary N) is 1. The van der Waals surface area contributed by atoms with Crippen LogP contribution in [0.5, 0.6) is 0 Å². The van der Waals surface area contributed by atoms with Crippen LogP contribution in [0.15, 0.2) is 54.6 Å². The topological polar surface area (TPSA) is 157 Å². The van der Waals surface area contributed by atoms with Gasteiger partial charge in [0.1, 0.15) is 11.4 Å². The van der Waals surface area contributed by atoms with Crippen LogP contribution in [0.3, 0.4) is 0 Å². The Bertz CT molecular complexity index is 1220. The van der Waals surface area contributed by atoms with Crippen LogP contribution in [-0.4, -0.2) is 60.2 Å². The third-order valence-electron chi connectivity index (χ3n) is 6.63. The number of carbonyl (C=O) groups is 5. The van der Waals surface area contributed by atoms with Crippen molar-refractivity contribution >= 4 is 29.5 Å². The third-order valence-corrected chi connectivity index (χ3v) is 6.63. The Morgan fingerprint density at radius 3 is 2.07 bits per heavy atom. The number of hydrogen-bond donors (Lipinski definition) is 4. The van der Waals surface area contributed by atoms with Gasteiger partial charge in [0.05, 0.1) is 12.1 Å². The van der Waals surface area contributed by atoms with Gasteiger partial charge in [0.25, 0.3) is 5.91 Å². The fraction of sp³-hybridized carbons (Fsp3) is 0.485. The molecule has 10 heteroatoms. The van der Waals surface area contributed by atoms with Crippen LogP contribution in [0.4, 0.5) is 4.79 Å². The van der Waals surface area contributed by atoms with Gasteiger partial charge in [-0.05, 0) is 70.2 Å². The van der Waals surface area contributed by atoms with Crippen LogP contribution in [-0.2, 0) is 32.0 Å². The van der Waals surface area contributed by atoms with Crippen molar-refractivity contribution in [2.75, 3.05) is 13.1 Å². The van der Waals surface area contributed by atoms with E-state index in [-0.39, 0.29) is 36.2 Å². The summed E-state index contributed by atoms with van der Waals surface area (Å²) in [5, 5.41) is 8.32. The molecule has 0 heterocycles. The molecule has 10 nitrogen and oxygen atoms in total. The Balaban J connectivity index is 1.88. The minimum Gasteiger partial charge on any atom is -0.444 e. The lowest BCUT2D eigenvalue weighted by Crippen LogP contribution is -2.45. The van der Waals surface area contributed by atoms with Crippen molar-refractivity contribution < 1.29 is 28.7 Å². The zero-order chi connectivity index (χ0) is 32.0. The molecule has 0 saturated heterocycles. The maximum absolute atomic E-state index is 13.3. The minimum atomic E-state index is -0.738. The zero-order valence-corrected chi connectivity index (χ0v) is 25.9. The molecule has 0 radical (unpaired) electrons. The van der Waals surface area contributed by atoms with Crippen LogP contribution in [0, 0.1) is 5.92 Å². The van der Waals surface area contributed by atoms with E-state index < -0.39 is 29.7 Å². The Labute approximate surface area is 254 Å². The smallest absolute Gasteiger partial charge is 0.407 e. The second-order valence-electron chi connectivity index (χ2n) is 11.8. The molecule has 2 rings (SSSR count). The van der Waals surface area contributed by atoms with Crippen molar-refractivity contribution in [1.82, 2.24) is 16.0 Å². The first-order valence-electron chi connectivity index (χ1n) is 14.7. The zero-order valence-electron chi connectivity index (χ0n) is 25.9. The number of hydrogen-bond acceptors (Lipinski definition) is 7. The van der Waals surface area contributed by atoms with Crippen LogP contribution in [0.1, 0.15) is 75.4 Å². The van der Waals surface area contributed by atoms with Gasteiger partial charge in [-0.15, -0.1) is 0 Å². The molecule has 2 aromatic carbocycles. The first-order valence-corrected chi connectivity index (χ1v) is 14.7. The van der Waals surface area contributed by atoms with Crippen molar-refractivity contribution in [2.24, 2.45) is 11.7 Å². The molecule has 3 amide bonds. The molecule has 0 fully saturated rings. The number of amides is 3. The number of alkyl carbamates (subject to hydrolysis) is 1. The quantitative estimate of drug-likeness (QED) is 0.217. The van der Waals surface area contributed by atoms with E-state index in [1.165, 1.54) is 0 Å². The van der Waals surface area contributed by atoms with Crippen molar-refractivity contribution in [2.45, 2.75) is 84.4 Å². The number of benzene rings is 2. The molecule has 0 aliphatic carbocycles. The summed E-state index contributed by atoms with van der Waals surface area (Å²) in [6, 6.07) is 15.1. The highest BCUT2D eigenvalue weighted by Gasteiger charge is 2.25. The number of Topliss-reactive ketones (excluding diaryl/α,β-unsaturated/α-hetero) is 2. The van der Waals surface area contributed by atoms with Gasteiger partial charge in [0.2, 0.25) is 5.91 Å². The fourth-order valence-corrected chi connectivity index (χ4v) is 4.15. The molecule has 0 aromatic heterocycles. The Kier molecular flexibility index (Phi) is 14.0. The third kappa shape index (κ3) is 13.6. The minimum absolute atomic E-state index is 0.0125. The molecule has 2 aromatic rings. The number of carbonyl (C=O) groups excluding carboxylic acids is 5. The highest BCUT2D eigenvalue weighted by atomic mass is 16.6. The average molecular weight is 595 g/mol. The lowest BCUT2D eigenvalue weighted by molar-refractivity contribution is -0.132. The van der Waals surface area contributed by atoms with Gasteiger partial charge >= 0.3 is 6.09 Å². The van der Waals surface area contributed by atoms with E-state index in [1.807, 2.05) is 30.3 Å². The monoisotopic (exact) mass is 594 g/mol. The lowest BCUT2D eigenvalue weighted by Gasteiger charge is -2.21. The van der Waals surface area contributed by atoms with E-state index in [0.29, 0.717) is 37.9 Å². The second kappa shape index (κ2) is 17.2. The normalized spacial score (nSPS) is 13.3. The van der Waals surface area contributed by atoms with Crippen LogP contribution >= 0.6 is 0 Å². The standard InChI is InChI=1S/C33H46N4O6/c1-22(20-29(39)23(2)34)30(40)37-27(21-25-10-7-6-8-11-25)28(38)17-14-24-12-15-26(16-13-24)31(41)35-18-9-19-36-32(42)43-33(3,4)5/h6-8,10-13,15-16,22-23,27H,9,14,17-21,34H2,1-5H3,(H,35,41)(H,36,42)(H,37,40). The predicted octanol–water partition coefficient (Wildman–Crippen LogP) is 3.50. The van der Waals surface area contributed by atoms with Crippen LogP contribution in [0.25, 0.3) is 0 Å². The molecule has 5 N–H and O–H groups in total. The molecule has 43 heavy (non-hydrogen) atoms. The van der Waals surface area contributed by atoms with Crippen molar-refractivity contribution in [3.63, 3.8) is 0 Å². The Morgan fingerprint density at radius 2 is 1.47 bits per heavy atom. The lowest BCUT2D eigenvalue weighted by atomic mass is 9.95. The summed E-state index contributed by atoms with van der Waals surface area (Å²) in [5.74, 6) is -1.53. The maximum atomic E-state index is 13.3. The molecule has 0 spiro atoms. The Morgan fingerprint density at radius 1 is 0.837 bits per heavy atom. The molecular formula is C33H46N4O6. The van der Waals surface area contributed by atoms with E-state index in [2.05, 4.69) is 16.0 Å². The molecule has 0 aliphatic heterocycles. The highest BCUT2D eigenvalue weighted by molar-refractivity contribution is 5.94. The average Bonchev–Trinajstić information content (AvgIpc) is 2.94. The first kappa shape index (κ1) is 35.1. The largest absolute Gasteiger partial charge is 0.444 e. The number of aryl methyl sites for hydroxylation is 1. The summed E-state index contributed by atoms with van der Waals surface area (Å²) in [7, 11) is 0. The molecule has 0 aliphatic rings. The Hall–Kier alpha value is -4.05. The summed E-state index contributed by atoms with van der Waals surface area (Å²) in [6.45, 7) is 9.36. The number of rotatable bonds is 16. The van der Waals surface area contributed by atoms with Crippen molar-refractivity contribution in [3.05, 3.63) is 71.3 Å². The van der Waals surface area contributed by atoms with E-state index >= 15 is 0 Å². The van der Waals surface area contributed by atoms with Gasteiger partial charge in [-0.25, -0.2) is 4.79 Å². The predicted molar refractivity (Wildman–Crippen MR) is 165 cm³/mol. The van der Waals surface area contributed by atoms with E-state index in [4.69, 9.17) is 10.5 Å². The van der Waals surface area contributed by atoms with Crippen molar-refractivity contribution in [1.29, 1.82) is 0 Å². The van der Waals surface area contributed by atoms with Crippen LogP contribution < -0.4 is 21.7 Å². The number of ketones is 2. The summed E-state index contributed by atoms with van der Waals surface area (Å²) >= 11 is 0. The summed E-state index contributed by atoms with van der Waals surface area (Å²) < 4.78 is 5.17. The van der Waals surface area contributed by atoms with Gasteiger partial charge in [0.15, 0.2) is 5.78 Å².